The van der Waals surface area contributed by atoms with Crippen LogP contribution in [0.5, 0.6) is 0 Å². The van der Waals surface area contributed by atoms with E-state index in [0.29, 0.717) is 5.82 Å². The SMILES string of the molecule is CC1(C)OB(c2ccc3cnn(-c4cccc(CC#N)n4)c3c2)OC1(C)C. The smallest absolute Gasteiger partial charge is 0.399 e. The van der Waals surface area contributed by atoms with E-state index in [1.54, 1.807) is 4.68 Å². The molecule has 0 N–H and O–H groups in total. The van der Waals surface area contributed by atoms with Gasteiger partial charge in [0.1, 0.15) is 0 Å². The predicted molar refractivity (Wildman–Crippen MR) is 104 cm³/mol. The van der Waals surface area contributed by atoms with Crippen LogP contribution in [-0.4, -0.2) is 33.1 Å². The fourth-order valence-corrected chi connectivity index (χ4v) is 3.11. The van der Waals surface area contributed by atoms with Crippen LogP contribution in [-0.2, 0) is 15.7 Å². The summed E-state index contributed by atoms with van der Waals surface area (Å²) in [6.07, 6.45) is 2.08. The first kappa shape index (κ1) is 17.7. The Morgan fingerprint density at radius 3 is 2.56 bits per heavy atom. The van der Waals surface area contributed by atoms with Gasteiger partial charge >= 0.3 is 7.12 Å². The van der Waals surface area contributed by atoms with E-state index in [1.807, 2.05) is 70.3 Å². The quantitative estimate of drug-likeness (QED) is 0.672. The molecule has 6 nitrogen and oxygen atoms in total. The Labute approximate surface area is 158 Å². The van der Waals surface area contributed by atoms with Gasteiger partial charge in [-0.1, -0.05) is 18.2 Å². The van der Waals surface area contributed by atoms with Crippen molar-refractivity contribution >= 4 is 23.5 Å². The first-order chi connectivity index (χ1) is 12.8. The van der Waals surface area contributed by atoms with Gasteiger partial charge in [0.15, 0.2) is 5.82 Å². The van der Waals surface area contributed by atoms with Gasteiger partial charge in [-0.2, -0.15) is 10.4 Å². The molecule has 1 aliphatic rings. The first-order valence-corrected chi connectivity index (χ1v) is 8.97. The van der Waals surface area contributed by atoms with E-state index < -0.39 is 7.12 Å². The highest BCUT2D eigenvalue weighted by Crippen LogP contribution is 2.36. The number of hydrogen-bond acceptors (Lipinski definition) is 5. The summed E-state index contributed by atoms with van der Waals surface area (Å²) in [5.41, 5.74) is 1.81. The molecule has 0 aliphatic carbocycles. The van der Waals surface area contributed by atoms with E-state index >= 15 is 0 Å². The van der Waals surface area contributed by atoms with Crippen molar-refractivity contribution in [2.75, 3.05) is 0 Å². The number of aromatic nitrogens is 3. The van der Waals surface area contributed by atoms with Crippen LogP contribution in [0.1, 0.15) is 33.4 Å². The molecule has 1 aromatic carbocycles. The van der Waals surface area contributed by atoms with Gasteiger partial charge in [-0.05, 0) is 51.4 Å². The maximum absolute atomic E-state index is 8.91. The molecular weight excluding hydrogens is 339 g/mol. The summed E-state index contributed by atoms with van der Waals surface area (Å²) in [6.45, 7) is 8.17. The Bertz CT molecular complexity index is 1040. The standard InChI is InChI=1S/C20H21BN4O2/c1-19(2)20(3,4)27-21(26-19)15-9-8-14-13-23-25(17(14)12-15)18-7-5-6-16(24-18)10-11-22/h5-9,12-13H,10H2,1-4H3. The average molecular weight is 360 g/mol. The first-order valence-electron chi connectivity index (χ1n) is 8.97. The Hall–Kier alpha value is -2.69. The normalized spacial score (nSPS) is 18.0. The van der Waals surface area contributed by atoms with E-state index in [9.17, 15) is 0 Å². The van der Waals surface area contributed by atoms with Gasteiger partial charge in [0.25, 0.3) is 0 Å². The van der Waals surface area contributed by atoms with Crippen molar-refractivity contribution in [3.8, 4) is 11.9 Å². The topological polar surface area (TPSA) is 73.0 Å². The van der Waals surface area contributed by atoms with Gasteiger partial charge in [0, 0.05) is 5.39 Å². The number of pyridine rings is 1. The van der Waals surface area contributed by atoms with Crippen molar-refractivity contribution < 1.29 is 9.31 Å². The van der Waals surface area contributed by atoms with Crippen molar-refractivity contribution in [2.45, 2.75) is 45.3 Å². The molecule has 1 aliphatic heterocycles. The van der Waals surface area contributed by atoms with E-state index in [0.717, 1.165) is 22.1 Å². The second kappa shape index (κ2) is 6.19. The maximum Gasteiger partial charge on any atom is 0.494 e. The number of rotatable bonds is 3. The van der Waals surface area contributed by atoms with Crippen LogP contribution in [0, 0.1) is 11.3 Å². The molecule has 0 spiro atoms. The molecule has 0 atom stereocenters. The third-order valence-electron chi connectivity index (χ3n) is 5.39. The zero-order valence-electron chi connectivity index (χ0n) is 15.9. The lowest BCUT2D eigenvalue weighted by Gasteiger charge is -2.32. The lowest BCUT2D eigenvalue weighted by Crippen LogP contribution is -2.41. The fraction of sp³-hybridized carbons (Fsp3) is 0.350. The molecule has 3 heterocycles. The van der Waals surface area contributed by atoms with E-state index in [4.69, 9.17) is 14.6 Å². The molecule has 136 valence electrons. The van der Waals surface area contributed by atoms with Crippen molar-refractivity contribution in [1.82, 2.24) is 14.8 Å². The molecule has 0 amide bonds. The zero-order valence-corrected chi connectivity index (χ0v) is 15.9. The minimum atomic E-state index is -0.430. The summed E-state index contributed by atoms with van der Waals surface area (Å²) in [4.78, 5) is 4.54. The van der Waals surface area contributed by atoms with Gasteiger partial charge in [0.2, 0.25) is 0 Å². The average Bonchev–Trinajstić information content (AvgIpc) is 3.13. The summed E-state index contributed by atoms with van der Waals surface area (Å²) < 4.78 is 14.1. The molecule has 27 heavy (non-hydrogen) atoms. The van der Waals surface area contributed by atoms with Gasteiger partial charge < -0.3 is 9.31 Å². The largest absolute Gasteiger partial charge is 0.494 e. The van der Waals surface area contributed by atoms with Crippen LogP contribution in [0.4, 0.5) is 0 Å². The second-order valence-electron chi connectivity index (χ2n) is 7.78. The summed E-state index contributed by atoms with van der Waals surface area (Å²) >= 11 is 0. The lowest BCUT2D eigenvalue weighted by atomic mass is 9.79. The predicted octanol–water partition coefficient (Wildman–Crippen LogP) is 2.79. The Balaban J connectivity index is 1.75. The molecule has 0 bridgehead atoms. The van der Waals surface area contributed by atoms with E-state index in [-0.39, 0.29) is 17.6 Å². The van der Waals surface area contributed by atoms with Gasteiger partial charge in [-0.15, -0.1) is 0 Å². The van der Waals surface area contributed by atoms with Crippen LogP contribution in [0.3, 0.4) is 0 Å². The lowest BCUT2D eigenvalue weighted by molar-refractivity contribution is 0.00578. The summed E-state index contributed by atoms with van der Waals surface area (Å²) in [7, 11) is -0.430. The minimum Gasteiger partial charge on any atom is -0.399 e. The van der Waals surface area contributed by atoms with Crippen LogP contribution >= 0.6 is 0 Å². The number of nitrogens with zero attached hydrogens (tertiary/aromatic N) is 4. The molecule has 0 unspecified atom stereocenters. The molecule has 0 saturated carbocycles. The van der Waals surface area contributed by atoms with Crippen LogP contribution < -0.4 is 5.46 Å². The third kappa shape index (κ3) is 3.01. The van der Waals surface area contributed by atoms with Crippen LogP contribution in [0.15, 0.2) is 42.6 Å². The Kier molecular flexibility index (Phi) is 4.06. The Morgan fingerprint density at radius 2 is 1.85 bits per heavy atom. The highest BCUT2D eigenvalue weighted by Gasteiger charge is 2.51. The molecule has 4 rings (SSSR count). The second-order valence-corrected chi connectivity index (χ2v) is 7.78. The van der Waals surface area contributed by atoms with Crippen LogP contribution in [0.2, 0.25) is 0 Å². The number of hydrogen-bond donors (Lipinski definition) is 0. The zero-order chi connectivity index (χ0) is 19.2. The minimum absolute atomic E-state index is 0.270. The highest BCUT2D eigenvalue weighted by molar-refractivity contribution is 6.62. The van der Waals surface area contributed by atoms with Crippen molar-refractivity contribution in [3.63, 3.8) is 0 Å². The van der Waals surface area contributed by atoms with Gasteiger partial charge in [-0.3, -0.25) is 0 Å². The molecule has 2 aromatic heterocycles. The monoisotopic (exact) mass is 360 g/mol. The summed E-state index contributed by atoms with van der Waals surface area (Å²) in [5, 5.41) is 14.4. The fourth-order valence-electron chi connectivity index (χ4n) is 3.11. The van der Waals surface area contributed by atoms with Gasteiger partial charge in [0.05, 0.1) is 41.1 Å². The number of benzene rings is 1. The van der Waals surface area contributed by atoms with Gasteiger partial charge in [-0.25, -0.2) is 9.67 Å². The van der Waals surface area contributed by atoms with Crippen LogP contribution in [0.25, 0.3) is 16.7 Å². The molecule has 1 saturated heterocycles. The highest BCUT2D eigenvalue weighted by atomic mass is 16.7. The van der Waals surface area contributed by atoms with Crippen molar-refractivity contribution in [2.24, 2.45) is 0 Å². The summed E-state index contributed by atoms with van der Waals surface area (Å²) in [6, 6.07) is 13.8. The number of fused-ring (bicyclic) bond motifs is 1. The Morgan fingerprint density at radius 1 is 1.11 bits per heavy atom. The van der Waals surface area contributed by atoms with Crippen molar-refractivity contribution in [3.05, 3.63) is 48.3 Å². The summed E-state index contributed by atoms with van der Waals surface area (Å²) in [5.74, 6) is 0.684. The van der Waals surface area contributed by atoms with E-state index in [1.165, 1.54) is 0 Å². The molecular formula is C20H21BN4O2. The third-order valence-corrected chi connectivity index (χ3v) is 5.39. The molecule has 7 heteroatoms. The van der Waals surface area contributed by atoms with E-state index in [2.05, 4.69) is 16.2 Å². The van der Waals surface area contributed by atoms with Crippen molar-refractivity contribution in [1.29, 1.82) is 5.26 Å². The maximum atomic E-state index is 8.91. The molecule has 0 radical (unpaired) electrons. The molecule has 1 fully saturated rings. The number of nitriles is 1. The molecule has 3 aromatic rings.